The fourth-order valence-corrected chi connectivity index (χ4v) is 3.61. The zero-order chi connectivity index (χ0) is 13.2. The van der Waals surface area contributed by atoms with E-state index < -0.39 is 0 Å². The Hall–Kier alpha value is -0.680. The molecule has 0 aromatic carbocycles. The van der Waals surface area contributed by atoms with Crippen LogP contribution in [0.4, 0.5) is 5.69 Å². The second-order valence-electron chi connectivity index (χ2n) is 5.33. The molecule has 2 aliphatic rings. The molecular formula is C13H18ClN3OS. The van der Waals surface area contributed by atoms with Crippen molar-refractivity contribution in [2.24, 2.45) is 5.92 Å². The maximum Gasteiger partial charge on any atom is 0.291 e. The van der Waals surface area contributed by atoms with Crippen LogP contribution in [-0.2, 0) is 6.54 Å². The molecule has 19 heavy (non-hydrogen) atoms. The molecule has 1 aliphatic heterocycles. The number of thioether (sulfide) groups is 1. The first-order valence-electron chi connectivity index (χ1n) is 6.84. The third-order valence-electron chi connectivity index (χ3n) is 3.70. The van der Waals surface area contributed by atoms with Gasteiger partial charge in [-0.2, -0.15) is 16.9 Å². The summed E-state index contributed by atoms with van der Waals surface area (Å²) >= 11 is 8.10. The monoisotopic (exact) mass is 299 g/mol. The molecule has 3 rings (SSSR count). The fraction of sp³-hybridized carbons (Fsp3) is 0.692. The molecule has 1 aliphatic carbocycles. The van der Waals surface area contributed by atoms with Gasteiger partial charge in [0.25, 0.3) is 5.56 Å². The van der Waals surface area contributed by atoms with E-state index in [1.165, 1.54) is 12.8 Å². The maximum absolute atomic E-state index is 12.4. The Morgan fingerprint density at radius 1 is 1.37 bits per heavy atom. The summed E-state index contributed by atoms with van der Waals surface area (Å²) in [5, 5.41) is 7.91. The van der Waals surface area contributed by atoms with E-state index >= 15 is 0 Å². The van der Waals surface area contributed by atoms with Crippen LogP contribution >= 0.6 is 23.4 Å². The molecule has 0 amide bonds. The summed E-state index contributed by atoms with van der Waals surface area (Å²) in [7, 11) is 0. The Morgan fingerprint density at radius 2 is 2.11 bits per heavy atom. The highest BCUT2D eigenvalue weighted by atomic mass is 35.5. The van der Waals surface area contributed by atoms with Gasteiger partial charge in [0.15, 0.2) is 0 Å². The highest BCUT2D eigenvalue weighted by molar-refractivity contribution is 7.99. The fourth-order valence-electron chi connectivity index (χ4n) is 2.32. The zero-order valence-corrected chi connectivity index (χ0v) is 12.3. The molecule has 1 saturated heterocycles. The van der Waals surface area contributed by atoms with E-state index in [2.05, 4.69) is 10.4 Å². The van der Waals surface area contributed by atoms with Gasteiger partial charge in [-0.05, 0) is 43.1 Å². The van der Waals surface area contributed by atoms with Crippen molar-refractivity contribution in [2.45, 2.75) is 38.3 Å². The Kier molecular flexibility index (Phi) is 4.03. The lowest BCUT2D eigenvalue weighted by molar-refractivity contribution is 0.533. The highest BCUT2D eigenvalue weighted by Crippen LogP contribution is 2.30. The average Bonchev–Trinajstić information content (AvgIpc) is 3.23. The lowest BCUT2D eigenvalue weighted by atomic mass is 10.1. The molecule has 104 valence electrons. The molecule has 0 bridgehead atoms. The van der Waals surface area contributed by atoms with Crippen LogP contribution in [0.15, 0.2) is 11.0 Å². The molecule has 1 aromatic rings. The van der Waals surface area contributed by atoms with E-state index in [1.807, 2.05) is 11.8 Å². The van der Waals surface area contributed by atoms with Gasteiger partial charge in [0, 0.05) is 12.6 Å². The van der Waals surface area contributed by atoms with Gasteiger partial charge >= 0.3 is 0 Å². The Bertz CT molecular complexity index is 509. The van der Waals surface area contributed by atoms with Crippen LogP contribution in [0.5, 0.6) is 0 Å². The van der Waals surface area contributed by atoms with Gasteiger partial charge in [-0.3, -0.25) is 4.79 Å². The van der Waals surface area contributed by atoms with E-state index in [0.29, 0.717) is 22.7 Å². The number of nitrogens with one attached hydrogen (secondary N) is 1. The molecule has 0 radical (unpaired) electrons. The van der Waals surface area contributed by atoms with Crippen molar-refractivity contribution >= 4 is 29.1 Å². The normalized spacial score (nSPS) is 20.5. The molecule has 2 fully saturated rings. The van der Waals surface area contributed by atoms with Crippen LogP contribution in [0, 0.1) is 5.92 Å². The molecule has 1 N–H and O–H groups in total. The number of anilines is 1. The Morgan fingerprint density at radius 3 is 2.79 bits per heavy atom. The van der Waals surface area contributed by atoms with Crippen molar-refractivity contribution in [2.75, 3.05) is 16.8 Å². The third kappa shape index (κ3) is 3.26. The van der Waals surface area contributed by atoms with E-state index in [9.17, 15) is 4.79 Å². The Balaban J connectivity index is 1.79. The number of hydrogen-bond donors (Lipinski definition) is 1. The molecule has 4 nitrogen and oxygen atoms in total. The standard InChI is InChI=1S/C13H18ClN3OS/c14-11-7-15-17(8-9-1-2-9)13(18)12(11)16-10-3-5-19-6-4-10/h7,9-10,16H,1-6,8H2. The van der Waals surface area contributed by atoms with Crippen molar-refractivity contribution in [1.29, 1.82) is 0 Å². The highest BCUT2D eigenvalue weighted by Gasteiger charge is 2.24. The smallest absolute Gasteiger partial charge is 0.291 e. The molecule has 1 aromatic heterocycles. The molecule has 6 heteroatoms. The molecule has 1 saturated carbocycles. The lowest BCUT2D eigenvalue weighted by Gasteiger charge is -2.23. The summed E-state index contributed by atoms with van der Waals surface area (Å²) in [6, 6.07) is 0.364. The van der Waals surface area contributed by atoms with Gasteiger partial charge < -0.3 is 5.32 Å². The van der Waals surface area contributed by atoms with Crippen LogP contribution in [0.1, 0.15) is 25.7 Å². The lowest BCUT2D eigenvalue weighted by Crippen LogP contribution is -2.32. The minimum Gasteiger partial charge on any atom is -0.376 e. The third-order valence-corrected chi connectivity index (χ3v) is 5.03. The number of rotatable bonds is 4. The number of halogens is 1. The Labute approximate surface area is 121 Å². The van der Waals surface area contributed by atoms with Crippen molar-refractivity contribution in [3.05, 3.63) is 21.6 Å². The summed E-state index contributed by atoms with van der Waals surface area (Å²) in [6.07, 6.45) is 6.18. The molecule has 2 heterocycles. The van der Waals surface area contributed by atoms with E-state index in [4.69, 9.17) is 11.6 Å². The molecule has 0 spiro atoms. The van der Waals surface area contributed by atoms with Gasteiger partial charge in [-0.15, -0.1) is 0 Å². The number of aromatic nitrogens is 2. The first-order valence-corrected chi connectivity index (χ1v) is 8.37. The maximum atomic E-state index is 12.4. The largest absolute Gasteiger partial charge is 0.376 e. The summed E-state index contributed by atoms with van der Waals surface area (Å²) < 4.78 is 1.56. The summed E-state index contributed by atoms with van der Waals surface area (Å²) in [4.78, 5) is 12.4. The first kappa shape index (κ1) is 13.3. The minimum atomic E-state index is -0.0716. The quantitative estimate of drug-likeness (QED) is 0.928. The van der Waals surface area contributed by atoms with Crippen LogP contribution in [0.2, 0.25) is 5.02 Å². The van der Waals surface area contributed by atoms with E-state index in [-0.39, 0.29) is 5.56 Å². The van der Waals surface area contributed by atoms with Crippen LogP contribution in [0.25, 0.3) is 0 Å². The van der Waals surface area contributed by atoms with Gasteiger partial charge in [0.05, 0.1) is 11.2 Å². The van der Waals surface area contributed by atoms with Crippen molar-refractivity contribution in [1.82, 2.24) is 9.78 Å². The molecular weight excluding hydrogens is 282 g/mol. The van der Waals surface area contributed by atoms with E-state index in [0.717, 1.165) is 30.9 Å². The summed E-state index contributed by atoms with van der Waals surface area (Å²) in [5.41, 5.74) is 0.465. The molecule has 0 atom stereocenters. The minimum absolute atomic E-state index is 0.0716. The van der Waals surface area contributed by atoms with Crippen molar-refractivity contribution in [3.8, 4) is 0 Å². The number of hydrogen-bond acceptors (Lipinski definition) is 4. The number of nitrogens with zero attached hydrogens (tertiary/aromatic N) is 2. The summed E-state index contributed by atoms with van der Waals surface area (Å²) in [6.45, 7) is 0.727. The van der Waals surface area contributed by atoms with Gasteiger partial charge in [0.2, 0.25) is 0 Å². The van der Waals surface area contributed by atoms with Crippen LogP contribution < -0.4 is 10.9 Å². The molecule has 0 unspecified atom stereocenters. The topological polar surface area (TPSA) is 46.9 Å². The van der Waals surface area contributed by atoms with Crippen molar-refractivity contribution < 1.29 is 0 Å². The van der Waals surface area contributed by atoms with Gasteiger partial charge in [-0.1, -0.05) is 11.6 Å². The van der Waals surface area contributed by atoms with Gasteiger partial charge in [0.1, 0.15) is 5.69 Å². The predicted octanol–water partition coefficient (Wildman–Crippen LogP) is 2.61. The van der Waals surface area contributed by atoms with Crippen LogP contribution in [-0.4, -0.2) is 27.3 Å². The first-order chi connectivity index (χ1) is 9.24. The summed E-state index contributed by atoms with van der Waals surface area (Å²) in [5.74, 6) is 2.93. The second-order valence-corrected chi connectivity index (χ2v) is 6.96. The van der Waals surface area contributed by atoms with Crippen molar-refractivity contribution in [3.63, 3.8) is 0 Å². The van der Waals surface area contributed by atoms with Gasteiger partial charge in [-0.25, -0.2) is 4.68 Å². The SMILES string of the molecule is O=c1c(NC2CCSCC2)c(Cl)cnn1CC1CC1. The predicted molar refractivity (Wildman–Crippen MR) is 80.2 cm³/mol. The van der Waals surface area contributed by atoms with Crippen LogP contribution in [0.3, 0.4) is 0 Å². The second kappa shape index (κ2) is 5.75. The zero-order valence-electron chi connectivity index (χ0n) is 10.8. The van der Waals surface area contributed by atoms with E-state index in [1.54, 1.807) is 10.9 Å². The average molecular weight is 300 g/mol.